The number of ether oxygens (including phenoxy) is 1. The summed E-state index contributed by atoms with van der Waals surface area (Å²) in [7, 11) is -2.52. The molecular formula is C17H18ClNO4S. The maximum atomic E-state index is 12.4. The number of esters is 1. The Morgan fingerprint density at radius 1 is 1.17 bits per heavy atom. The lowest BCUT2D eigenvalue weighted by Gasteiger charge is -2.10. The topological polar surface area (TPSA) is 72.5 Å². The minimum Gasteiger partial charge on any atom is -0.465 e. The summed E-state index contributed by atoms with van der Waals surface area (Å²) in [5.74, 6) is -0.634. The van der Waals surface area contributed by atoms with E-state index in [0.717, 1.165) is 18.4 Å². The van der Waals surface area contributed by atoms with Gasteiger partial charge in [0, 0.05) is 5.69 Å². The van der Waals surface area contributed by atoms with Gasteiger partial charge in [-0.15, -0.1) is 0 Å². The Hall–Kier alpha value is -2.05. The molecule has 0 aromatic heterocycles. The Kier molecular flexibility index (Phi) is 5.85. The SMILES string of the molecule is CCCc1ccc(S(=O)(=O)Nc2ccc(Cl)c(C(=O)OC)c2)cc1. The van der Waals surface area contributed by atoms with Gasteiger partial charge in [-0.2, -0.15) is 0 Å². The summed E-state index contributed by atoms with van der Waals surface area (Å²) >= 11 is 5.93. The van der Waals surface area contributed by atoms with E-state index < -0.39 is 16.0 Å². The second kappa shape index (κ2) is 7.68. The van der Waals surface area contributed by atoms with Crippen LogP contribution in [0.25, 0.3) is 0 Å². The molecule has 0 saturated heterocycles. The molecule has 0 radical (unpaired) electrons. The number of rotatable bonds is 6. The van der Waals surface area contributed by atoms with Crippen LogP contribution in [0.3, 0.4) is 0 Å². The zero-order valence-corrected chi connectivity index (χ0v) is 14.9. The summed E-state index contributed by atoms with van der Waals surface area (Å²) in [5.41, 5.74) is 1.41. The summed E-state index contributed by atoms with van der Waals surface area (Å²) in [6.07, 6.45) is 1.89. The van der Waals surface area contributed by atoms with Crippen molar-refractivity contribution in [2.24, 2.45) is 0 Å². The number of sulfonamides is 1. The van der Waals surface area contributed by atoms with Crippen LogP contribution in [0.4, 0.5) is 5.69 Å². The van der Waals surface area contributed by atoms with Gasteiger partial charge in [0.05, 0.1) is 22.6 Å². The Morgan fingerprint density at radius 3 is 2.42 bits per heavy atom. The standard InChI is InChI=1S/C17H18ClNO4S/c1-3-4-12-5-8-14(9-6-12)24(21,22)19-13-7-10-16(18)15(11-13)17(20)23-2/h5-11,19H,3-4H2,1-2H3. The quantitative estimate of drug-likeness (QED) is 0.786. The van der Waals surface area contributed by atoms with Crippen LogP contribution in [0.2, 0.25) is 5.02 Å². The molecule has 1 N–H and O–H groups in total. The molecule has 0 atom stereocenters. The third kappa shape index (κ3) is 4.27. The van der Waals surface area contributed by atoms with E-state index in [-0.39, 0.29) is 21.2 Å². The Balaban J connectivity index is 2.27. The van der Waals surface area contributed by atoms with Crippen LogP contribution in [0.1, 0.15) is 29.3 Å². The average Bonchev–Trinajstić information content (AvgIpc) is 2.56. The van der Waals surface area contributed by atoms with Crippen LogP contribution in [0.15, 0.2) is 47.4 Å². The molecule has 2 aromatic rings. The molecular weight excluding hydrogens is 350 g/mol. The van der Waals surface area contributed by atoms with Gasteiger partial charge in [-0.1, -0.05) is 37.1 Å². The number of halogens is 1. The highest BCUT2D eigenvalue weighted by atomic mass is 35.5. The number of aryl methyl sites for hydroxylation is 1. The van der Waals surface area contributed by atoms with Gasteiger partial charge in [-0.05, 0) is 42.3 Å². The van der Waals surface area contributed by atoms with Gasteiger partial charge in [0.15, 0.2) is 0 Å². The summed E-state index contributed by atoms with van der Waals surface area (Å²) in [5, 5.41) is 0.189. The first-order valence-corrected chi connectivity index (χ1v) is 9.23. The van der Waals surface area contributed by atoms with Crippen LogP contribution in [-0.2, 0) is 21.2 Å². The maximum Gasteiger partial charge on any atom is 0.339 e. The van der Waals surface area contributed by atoms with Gasteiger partial charge in [0.25, 0.3) is 10.0 Å². The van der Waals surface area contributed by atoms with Crippen LogP contribution < -0.4 is 4.72 Å². The third-order valence-corrected chi connectivity index (χ3v) is 5.12. The van der Waals surface area contributed by atoms with Crippen molar-refractivity contribution in [3.8, 4) is 0 Å². The molecule has 7 heteroatoms. The number of anilines is 1. The summed E-state index contributed by atoms with van der Waals surface area (Å²) < 4.78 is 32.0. The molecule has 24 heavy (non-hydrogen) atoms. The third-order valence-electron chi connectivity index (χ3n) is 3.40. The minimum atomic E-state index is -3.75. The molecule has 0 spiro atoms. The molecule has 0 amide bonds. The number of hydrogen-bond donors (Lipinski definition) is 1. The lowest BCUT2D eigenvalue weighted by molar-refractivity contribution is 0.0601. The van der Waals surface area contributed by atoms with Crippen molar-refractivity contribution in [2.75, 3.05) is 11.8 Å². The number of methoxy groups -OCH3 is 1. The zero-order valence-electron chi connectivity index (χ0n) is 13.4. The van der Waals surface area contributed by atoms with E-state index in [4.69, 9.17) is 11.6 Å². The molecule has 2 aromatic carbocycles. The number of carbonyl (C=O) groups is 1. The van der Waals surface area contributed by atoms with Gasteiger partial charge in [-0.3, -0.25) is 4.72 Å². The molecule has 0 unspecified atom stereocenters. The first-order valence-electron chi connectivity index (χ1n) is 7.37. The predicted molar refractivity (Wildman–Crippen MR) is 94.0 cm³/mol. The van der Waals surface area contributed by atoms with Crippen molar-refractivity contribution in [3.05, 3.63) is 58.6 Å². The van der Waals surface area contributed by atoms with E-state index in [0.29, 0.717) is 0 Å². The second-order valence-corrected chi connectivity index (χ2v) is 7.28. The molecule has 0 bridgehead atoms. The van der Waals surface area contributed by atoms with E-state index in [1.165, 1.54) is 25.3 Å². The van der Waals surface area contributed by atoms with Crippen LogP contribution in [0.5, 0.6) is 0 Å². The Bertz CT molecular complexity index is 832. The van der Waals surface area contributed by atoms with Crippen LogP contribution >= 0.6 is 11.6 Å². The monoisotopic (exact) mass is 367 g/mol. The van der Waals surface area contributed by atoms with E-state index in [1.807, 2.05) is 0 Å². The van der Waals surface area contributed by atoms with Gasteiger partial charge < -0.3 is 4.74 Å². The summed E-state index contributed by atoms with van der Waals surface area (Å²) in [6.45, 7) is 2.06. The first kappa shape index (κ1) is 18.3. The number of hydrogen-bond acceptors (Lipinski definition) is 4. The number of carbonyl (C=O) groups excluding carboxylic acids is 1. The van der Waals surface area contributed by atoms with Crippen molar-refractivity contribution < 1.29 is 17.9 Å². The number of nitrogens with one attached hydrogen (secondary N) is 1. The van der Waals surface area contributed by atoms with E-state index in [1.54, 1.807) is 24.3 Å². The highest BCUT2D eigenvalue weighted by molar-refractivity contribution is 7.92. The van der Waals surface area contributed by atoms with Crippen molar-refractivity contribution in [1.29, 1.82) is 0 Å². The molecule has 0 aliphatic carbocycles. The first-order chi connectivity index (χ1) is 11.4. The van der Waals surface area contributed by atoms with E-state index >= 15 is 0 Å². The molecule has 0 aliphatic heterocycles. The largest absolute Gasteiger partial charge is 0.465 e. The fraction of sp³-hybridized carbons (Fsp3) is 0.235. The molecule has 2 rings (SSSR count). The Labute approximate surface area is 146 Å². The maximum absolute atomic E-state index is 12.4. The summed E-state index contributed by atoms with van der Waals surface area (Å²) in [4.78, 5) is 11.8. The van der Waals surface area contributed by atoms with Gasteiger partial charge in [-0.25, -0.2) is 13.2 Å². The van der Waals surface area contributed by atoms with Gasteiger partial charge in [0.1, 0.15) is 0 Å². The highest BCUT2D eigenvalue weighted by Gasteiger charge is 2.17. The van der Waals surface area contributed by atoms with Crippen molar-refractivity contribution >= 4 is 33.3 Å². The van der Waals surface area contributed by atoms with Crippen LogP contribution in [-0.4, -0.2) is 21.5 Å². The normalized spacial score (nSPS) is 11.1. The van der Waals surface area contributed by atoms with Crippen molar-refractivity contribution in [1.82, 2.24) is 0 Å². The van der Waals surface area contributed by atoms with Crippen molar-refractivity contribution in [2.45, 2.75) is 24.7 Å². The van der Waals surface area contributed by atoms with Crippen LogP contribution in [0, 0.1) is 0 Å². The smallest absolute Gasteiger partial charge is 0.339 e. The van der Waals surface area contributed by atoms with E-state index in [2.05, 4.69) is 16.4 Å². The summed E-state index contributed by atoms with van der Waals surface area (Å²) in [6, 6.07) is 11.0. The fourth-order valence-corrected chi connectivity index (χ4v) is 3.44. The zero-order chi connectivity index (χ0) is 17.7. The molecule has 0 saturated carbocycles. The second-order valence-electron chi connectivity index (χ2n) is 5.19. The molecule has 0 heterocycles. The average molecular weight is 368 g/mol. The molecule has 0 aliphatic rings. The lowest BCUT2D eigenvalue weighted by atomic mass is 10.1. The predicted octanol–water partition coefficient (Wildman–Crippen LogP) is 3.88. The van der Waals surface area contributed by atoms with E-state index in [9.17, 15) is 13.2 Å². The van der Waals surface area contributed by atoms with Crippen molar-refractivity contribution in [3.63, 3.8) is 0 Å². The fourth-order valence-electron chi connectivity index (χ4n) is 2.19. The molecule has 5 nitrogen and oxygen atoms in total. The Morgan fingerprint density at radius 2 is 1.83 bits per heavy atom. The highest BCUT2D eigenvalue weighted by Crippen LogP contribution is 2.23. The lowest BCUT2D eigenvalue weighted by Crippen LogP contribution is -2.13. The van der Waals surface area contributed by atoms with Gasteiger partial charge >= 0.3 is 5.97 Å². The molecule has 0 fully saturated rings. The minimum absolute atomic E-state index is 0.0951. The van der Waals surface area contributed by atoms with Gasteiger partial charge in [0.2, 0.25) is 0 Å². The molecule has 128 valence electrons. The number of benzene rings is 2.